The highest BCUT2D eigenvalue weighted by Crippen LogP contribution is 2.28. The lowest BCUT2D eigenvalue weighted by molar-refractivity contribution is -0.385. The second kappa shape index (κ2) is 6.31. The molecule has 0 unspecified atom stereocenters. The molecular weight excluding hydrogens is 292 g/mol. The summed E-state index contributed by atoms with van der Waals surface area (Å²) in [6.45, 7) is 0. The lowest BCUT2D eigenvalue weighted by Gasteiger charge is -2.01. The van der Waals surface area contributed by atoms with Gasteiger partial charge in [-0.2, -0.15) is 5.10 Å². The maximum absolute atomic E-state index is 10.7. The number of non-ortho nitro benzene ring substituents is 1. The first-order valence-corrected chi connectivity index (χ1v) is 5.99. The smallest absolute Gasteiger partial charge is 0.311 e. The van der Waals surface area contributed by atoms with Crippen LogP contribution in [-0.4, -0.2) is 21.2 Å². The molecule has 0 radical (unpaired) electrons. The summed E-state index contributed by atoms with van der Waals surface area (Å²) in [6, 6.07) is 9.60. The molecule has 0 amide bonds. The number of aromatic hydroxyl groups is 1. The molecule has 2 rings (SSSR count). The molecule has 2 aromatic rings. The Bertz CT molecular complexity index is 743. The number of hydrogen-bond acceptors (Lipinski definition) is 7. The third-order valence-corrected chi connectivity index (χ3v) is 2.72. The molecule has 0 atom stereocenters. The number of nitrogens with zero attached hydrogens (tertiary/aromatic N) is 3. The van der Waals surface area contributed by atoms with E-state index in [1.807, 2.05) is 0 Å². The topological polar surface area (TPSA) is 131 Å². The first-order chi connectivity index (χ1) is 10.5. The maximum Gasteiger partial charge on any atom is 0.311 e. The van der Waals surface area contributed by atoms with Crippen LogP contribution >= 0.6 is 0 Å². The molecule has 22 heavy (non-hydrogen) atoms. The van der Waals surface area contributed by atoms with Crippen LogP contribution in [0.3, 0.4) is 0 Å². The molecule has 0 aliphatic rings. The predicted octanol–water partition coefficient (Wildman–Crippen LogP) is 2.65. The number of nitro groups is 2. The predicted molar refractivity (Wildman–Crippen MR) is 79.1 cm³/mol. The van der Waals surface area contributed by atoms with Gasteiger partial charge in [0.05, 0.1) is 21.7 Å². The number of para-hydroxylation sites is 1. The first kappa shape index (κ1) is 14.9. The van der Waals surface area contributed by atoms with Gasteiger partial charge in [-0.1, -0.05) is 6.07 Å². The summed E-state index contributed by atoms with van der Waals surface area (Å²) >= 11 is 0. The number of nitrogens with one attached hydrogen (secondary N) is 1. The Balaban J connectivity index is 2.11. The number of nitro benzene ring substituents is 2. The monoisotopic (exact) mass is 302 g/mol. The van der Waals surface area contributed by atoms with Crippen molar-refractivity contribution in [3.8, 4) is 5.75 Å². The standard InChI is InChI=1S/C13H10N4O5/c18-13-9(2-1-3-12(13)17(21)22)8-14-15-10-4-6-11(7-5-10)16(19)20/h1-8,15,18H/b14-8-. The highest BCUT2D eigenvalue weighted by Gasteiger charge is 2.14. The summed E-state index contributed by atoms with van der Waals surface area (Å²) in [5.41, 5.74) is 2.80. The molecule has 0 aromatic heterocycles. The third-order valence-electron chi connectivity index (χ3n) is 2.72. The van der Waals surface area contributed by atoms with Crippen molar-refractivity contribution >= 4 is 23.3 Å². The van der Waals surface area contributed by atoms with Crippen LogP contribution < -0.4 is 5.43 Å². The molecular formula is C13H10N4O5. The van der Waals surface area contributed by atoms with Gasteiger partial charge in [0.25, 0.3) is 5.69 Å². The Morgan fingerprint density at radius 3 is 2.32 bits per heavy atom. The number of anilines is 1. The normalized spacial score (nSPS) is 10.5. The molecule has 0 saturated carbocycles. The number of hydrazone groups is 1. The average Bonchev–Trinajstić information content (AvgIpc) is 2.49. The van der Waals surface area contributed by atoms with E-state index in [0.29, 0.717) is 5.69 Å². The minimum atomic E-state index is -0.698. The molecule has 0 spiro atoms. The second-order valence-corrected chi connectivity index (χ2v) is 4.15. The van der Waals surface area contributed by atoms with Gasteiger partial charge in [-0.05, 0) is 18.2 Å². The van der Waals surface area contributed by atoms with E-state index in [2.05, 4.69) is 10.5 Å². The van der Waals surface area contributed by atoms with Crippen molar-refractivity contribution in [1.82, 2.24) is 0 Å². The fourth-order valence-electron chi connectivity index (χ4n) is 1.63. The van der Waals surface area contributed by atoms with Gasteiger partial charge in [0.15, 0.2) is 0 Å². The van der Waals surface area contributed by atoms with E-state index in [1.165, 1.54) is 48.7 Å². The molecule has 112 valence electrons. The highest BCUT2D eigenvalue weighted by molar-refractivity contribution is 5.86. The van der Waals surface area contributed by atoms with Crippen LogP contribution in [0.25, 0.3) is 0 Å². The number of phenols is 1. The van der Waals surface area contributed by atoms with E-state index in [-0.39, 0.29) is 11.3 Å². The van der Waals surface area contributed by atoms with Crippen LogP contribution in [0.15, 0.2) is 47.6 Å². The van der Waals surface area contributed by atoms with Crippen molar-refractivity contribution in [2.24, 2.45) is 5.10 Å². The van der Waals surface area contributed by atoms with E-state index >= 15 is 0 Å². The maximum atomic E-state index is 10.7. The third kappa shape index (κ3) is 3.33. The molecule has 0 fully saturated rings. The molecule has 9 nitrogen and oxygen atoms in total. The van der Waals surface area contributed by atoms with E-state index in [0.717, 1.165) is 0 Å². The Morgan fingerprint density at radius 1 is 1.05 bits per heavy atom. The van der Waals surface area contributed by atoms with Crippen molar-refractivity contribution in [3.63, 3.8) is 0 Å². The van der Waals surface area contributed by atoms with Gasteiger partial charge < -0.3 is 5.11 Å². The zero-order valence-corrected chi connectivity index (χ0v) is 11.0. The van der Waals surface area contributed by atoms with Gasteiger partial charge in [-0.25, -0.2) is 0 Å². The zero-order valence-electron chi connectivity index (χ0n) is 11.0. The van der Waals surface area contributed by atoms with Gasteiger partial charge >= 0.3 is 5.69 Å². The van der Waals surface area contributed by atoms with Crippen LogP contribution in [0.1, 0.15) is 5.56 Å². The lowest BCUT2D eigenvalue weighted by Crippen LogP contribution is -1.94. The molecule has 0 bridgehead atoms. The molecule has 0 aliphatic carbocycles. The number of benzene rings is 2. The fourth-order valence-corrected chi connectivity index (χ4v) is 1.63. The van der Waals surface area contributed by atoms with Crippen molar-refractivity contribution in [2.75, 3.05) is 5.43 Å². The van der Waals surface area contributed by atoms with Crippen LogP contribution in [0.2, 0.25) is 0 Å². The Kier molecular flexibility index (Phi) is 4.27. The van der Waals surface area contributed by atoms with Gasteiger partial charge in [0, 0.05) is 23.8 Å². The fraction of sp³-hybridized carbons (Fsp3) is 0. The molecule has 0 aliphatic heterocycles. The molecule has 9 heteroatoms. The SMILES string of the molecule is O=[N+]([O-])c1ccc(N/N=C\c2cccc([N+](=O)[O-])c2O)cc1. The van der Waals surface area contributed by atoms with Crippen molar-refractivity contribution in [2.45, 2.75) is 0 Å². The van der Waals surface area contributed by atoms with E-state index in [1.54, 1.807) is 0 Å². The quantitative estimate of drug-likeness (QED) is 0.496. The van der Waals surface area contributed by atoms with E-state index in [4.69, 9.17) is 0 Å². The van der Waals surface area contributed by atoms with Crippen LogP contribution in [0, 0.1) is 20.2 Å². The Morgan fingerprint density at radius 2 is 1.73 bits per heavy atom. The molecule has 0 heterocycles. The number of rotatable bonds is 5. The zero-order chi connectivity index (χ0) is 16.1. The summed E-state index contributed by atoms with van der Waals surface area (Å²) in [7, 11) is 0. The van der Waals surface area contributed by atoms with Gasteiger partial charge in [0.1, 0.15) is 0 Å². The lowest BCUT2D eigenvalue weighted by atomic mass is 10.2. The first-order valence-electron chi connectivity index (χ1n) is 5.99. The minimum absolute atomic E-state index is 0.0501. The molecule has 2 aromatic carbocycles. The average molecular weight is 302 g/mol. The minimum Gasteiger partial charge on any atom is -0.502 e. The largest absolute Gasteiger partial charge is 0.502 e. The van der Waals surface area contributed by atoms with Gasteiger partial charge in [-0.3, -0.25) is 25.7 Å². The van der Waals surface area contributed by atoms with E-state index in [9.17, 15) is 25.3 Å². The van der Waals surface area contributed by atoms with Gasteiger partial charge in [-0.15, -0.1) is 0 Å². The van der Waals surface area contributed by atoms with Crippen LogP contribution in [0.5, 0.6) is 5.75 Å². The Hall–Kier alpha value is -3.49. The molecule has 2 N–H and O–H groups in total. The molecule has 0 saturated heterocycles. The number of hydrogen-bond donors (Lipinski definition) is 2. The van der Waals surface area contributed by atoms with Gasteiger partial charge in [0.2, 0.25) is 5.75 Å². The van der Waals surface area contributed by atoms with Crippen molar-refractivity contribution in [3.05, 3.63) is 68.3 Å². The van der Waals surface area contributed by atoms with Crippen molar-refractivity contribution in [1.29, 1.82) is 0 Å². The second-order valence-electron chi connectivity index (χ2n) is 4.15. The summed E-state index contributed by atoms with van der Waals surface area (Å²) in [6.07, 6.45) is 1.21. The van der Waals surface area contributed by atoms with E-state index < -0.39 is 21.3 Å². The van der Waals surface area contributed by atoms with Crippen LogP contribution in [-0.2, 0) is 0 Å². The number of phenolic OH excluding ortho intramolecular Hbond substituents is 1. The van der Waals surface area contributed by atoms with Crippen LogP contribution in [0.4, 0.5) is 17.1 Å². The summed E-state index contributed by atoms with van der Waals surface area (Å²) < 4.78 is 0. The highest BCUT2D eigenvalue weighted by atomic mass is 16.6. The van der Waals surface area contributed by atoms with Crippen molar-refractivity contribution < 1.29 is 15.0 Å². The summed E-state index contributed by atoms with van der Waals surface area (Å²) in [5.74, 6) is -0.484. The Labute approximate surface area is 123 Å². The summed E-state index contributed by atoms with van der Waals surface area (Å²) in [4.78, 5) is 20.0. The summed E-state index contributed by atoms with van der Waals surface area (Å²) in [5, 5.41) is 34.7.